The highest BCUT2D eigenvalue weighted by atomic mass is 32.1. The Morgan fingerprint density at radius 3 is 2.53 bits per heavy atom. The van der Waals surface area contributed by atoms with Crippen molar-refractivity contribution in [3.05, 3.63) is 10.9 Å². The zero-order valence-electron chi connectivity index (χ0n) is 8.62. The summed E-state index contributed by atoms with van der Waals surface area (Å²) in [6.07, 6.45) is 0. The molecule has 0 atom stereocenters. The Morgan fingerprint density at radius 2 is 2.07 bits per heavy atom. The first-order valence-corrected chi connectivity index (χ1v) is 4.99. The Balaban J connectivity index is 3.10. The SMILES string of the molecule is COC(=O)c1c(OC)csc1NC(C)=O. The number of methoxy groups -OCH3 is 2. The largest absolute Gasteiger partial charge is 0.495 e. The van der Waals surface area contributed by atoms with Gasteiger partial charge in [0.2, 0.25) is 5.91 Å². The molecule has 0 unspecified atom stereocenters. The van der Waals surface area contributed by atoms with Crippen LogP contribution in [0.4, 0.5) is 5.00 Å². The average molecular weight is 229 g/mol. The van der Waals surface area contributed by atoms with Crippen molar-refractivity contribution >= 4 is 28.2 Å². The standard InChI is InChI=1S/C9H11NO4S/c1-5(11)10-8-7(9(12)14-3)6(13-2)4-15-8/h4H,1-3H3,(H,10,11). The van der Waals surface area contributed by atoms with Crippen molar-refractivity contribution in [2.45, 2.75) is 6.92 Å². The summed E-state index contributed by atoms with van der Waals surface area (Å²) in [6, 6.07) is 0. The van der Waals surface area contributed by atoms with Gasteiger partial charge in [0.1, 0.15) is 16.3 Å². The normalized spacial score (nSPS) is 9.53. The van der Waals surface area contributed by atoms with Gasteiger partial charge in [-0.3, -0.25) is 4.79 Å². The predicted molar refractivity (Wildman–Crippen MR) is 56.5 cm³/mol. The summed E-state index contributed by atoms with van der Waals surface area (Å²) in [7, 11) is 2.73. The number of hydrogen-bond acceptors (Lipinski definition) is 5. The Morgan fingerprint density at radius 1 is 1.40 bits per heavy atom. The lowest BCUT2D eigenvalue weighted by atomic mass is 10.3. The number of carbonyl (C=O) groups excluding carboxylic acids is 2. The third-order valence-electron chi connectivity index (χ3n) is 1.66. The van der Waals surface area contributed by atoms with Gasteiger partial charge in [-0.1, -0.05) is 0 Å². The summed E-state index contributed by atoms with van der Waals surface area (Å²) < 4.78 is 9.58. The van der Waals surface area contributed by atoms with Crippen LogP contribution in [0.15, 0.2) is 5.38 Å². The second kappa shape index (κ2) is 4.79. The molecular formula is C9H11NO4S. The molecule has 0 bridgehead atoms. The van der Waals surface area contributed by atoms with Crippen LogP contribution in [0.3, 0.4) is 0 Å². The summed E-state index contributed by atoms with van der Waals surface area (Å²) in [4.78, 5) is 22.3. The number of anilines is 1. The predicted octanol–water partition coefficient (Wildman–Crippen LogP) is 1.50. The molecule has 1 rings (SSSR count). The summed E-state index contributed by atoms with van der Waals surface area (Å²) in [6.45, 7) is 1.37. The second-order valence-corrected chi connectivity index (χ2v) is 3.56. The third kappa shape index (κ3) is 2.47. The van der Waals surface area contributed by atoms with Crippen LogP contribution in [0.2, 0.25) is 0 Å². The van der Waals surface area contributed by atoms with Crippen LogP contribution < -0.4 is 10.1 Å². The van der Waals surface area contributed by atoms with E-state index < -0.39 is 5.97 Å². The van der Waals surface area contributed by atoms with Crippen LogP contribution in [-0.4, -0.2) is 26.1 Å². The molecule has 1 aromatic rings. The van der Waals surface area contributed by atoms with Gasteiger partial charge in [0, 0.05) is 12.3 Å². The zero-order chi connectivity index (χ0) is 11.4. The van der Waals surface area contributed by atoms with Crippen molar-refractivity contribution in [3.63, 3.8) is 0 Å². The third-order valence-corrected chi connectivity index (χ3v) is 2.53. The molecule has 1 amide bonds. The Labute approximate surface area is 91.0 Å². The minimum Gasteiger partial charge on any atom is -0.495 e. The molecule has 82 valence electrons. The van der Waals surface area contributed by atoms with Gasteiger partial charge in [0.15, 0.2) is 0 Å². The zero-order valence-corrected chi connectivity index (χ0v) is 9.44. The molecule has 1 heterocycles. The molecular weight excluding hydrogens is 218 g/mol. The van der Waals surface area contributed by atoms with Crippen molar-refractivity contribution in [3.8, 4) is 5.75 Å². The fourth-order valence-corrected chi connectivity index (χ4v) is 1.98. The molecule has 1 aromatic heterocycles. The molecule has 5 nitrogen and oxygen atoms in total. The second-order valence-electron chi connectivity index (χ2n) is 2.68. The van der Waals surface area contributed by atoms with E-state index in [1.54, 1.807) is 5.38 Å². The number of hydrogen-bond donors (Lipinski definition) is 1. The van der Waals surface area contributed by atoms with E-state index >= 15 is 0 Å². The molecule has 6 heteroatoms. The first-order chi connectivity index (χ1) is 7.10. The lowest BCUT2D eigenvalue weighted by Crippen LogP contribution is -2.10. The minimum atomic E-state index is -0.531. The molecule has 1 N–H and O–H groups in total. The maximum absolute atomic E-state index is 11.4. The topological polar surface area (TPSA) is 64.6 Å². The summed E-state index contributed by atoms with van der Waals surface area (Å²) in [5.74, 6) is -0.378. The van der Waals surface area contributed by atoms with Crippen molar-refractivity contribution < 1.29 is 19.1 Å². The van der Waals surface area contributed by atoms with Gasteiger partial charge in [0.05, 0.1) is 14.2 Å². The van der Waals surface area contributed by atoms with Gasteiger partial charge >= 0.3 is 5.97 Å². The fraction of sp³-hybridized carbons (Fsp3) is 0.333. The smallest absolute Gasteiger partial charge is 0.344 e. The van der Waals surface area contributed by atoms with E-state index in [1.807, 2.05) is 0 Å². The van der Waals surface area contributed by atoms with Crippen molar-refractivity contribution in [2.75, 3.05) is 19.5 Å². The first kappa shape index (κ1) is 11.5. The van der Waals surface area contributed by atoms with Gasteiger partial charge in [0.25, 0.3) is 0 Å². The Hall–Kier alpha value is -1.56. The number of carbonyl (C=O) groups is 2. The molecule has 15 heavy (non-hydrogen) atoms. The summed E-state index contributed by atoms with van der Waals surface area (Å²) >= 11 is 1.21. The first-order valence-electron chi connectivity index (χ1n) is 4.11. The van der Waals surface area contributed by atoms with Gasteiger partial charge in [-0.25, -0.2) is 4.79 Å². The number of nitrogens with one attached hydrogen (secondary N) is 1. The van der Waals surface area contributed by atoms with E-state index in [9.17, 15) is 9.59 Å². The molecule has 0 aliphatic heterocycles. The maximum Gasteiger partial charge on any atom is 0.344 e. The number of ether oxygens (including phenoxy) is 2. The van der Waals surface area contributed by atoms with E-state index in [2.05, 4.69) is 10.1 Å². The van der Waals surface area contributed by atoms with E-state index in [0.29, 0.717) is 10.8 Å². The van der Waals surface area contributed by atoms with Crippen LogP contribution in [-0.2, 0) is 9.53 Å². The van der Waals surface area contributed by atoms with Crippen molar-refractivity contribution in [2.24, 2.45) is 0 Å². The quantitative estimate of drug-likeness (QED) is 0.798. The van der Waals surface area contributed by atoms with Gasteiger partial charge in [-0.2, -0.15) is 0 Å². The highest BCUT2D eigenvalue weighted by Gasteiger charge is 2.21. The van der Waals surface area contributed by atoms with E-state index in [-0.39, 0.29) is 11.5 Å². The highest BCUT2D eigenvalue weighted by molar-refractivity contribution is 7.15. The summed E-state index contributed by atoms with van der Waals surface area (Å²) in [5.41, 5.74) is 0.250. The van der Waals surface area contributed by atoms with Crippen LogP contribution in [0.5, 0.6) is 5.75 Å². The average Bonchev–Trinajstić information content (AvgIpc) is 2.58. The van der Waals surface area contributed by atoms with E-state index in [1.165, 1.54) is 32.5 Å². The molecule has 0 spiro atoms. The van der Waals surface area contributed by atoms with Gasteiger partial charge < -0.3 is 14.8 Å². The van der Waals surface area contributed by atoms with Crippen molar-refractivity contribution in [1.29, 1.82) is 0 Å². The van der Waals surface area contributed by atoms with E-state index in [0.717, 1.165) is 0 Å². The number of rotatable bonds is 3. The molecule has 0 aromatic carbocycles. The molecule has 0 fully saturated rings. The van der Waals surface area contributed by atoms with Crippen LogP contribution >= 0.6 is 11.3 Å². The van der Waals surface area contributed by atoms with Gasteiger partial charge in [-0.05, 0) is 0 Å². The lowest BCUT2D eigenvalue weighted by Gasteiger charge is -2.04. The van der Waals surface area contributed by atoms with Crippen LogP contribution in [0, 0.1) is 0 Å². The number of amides is 1. The Kier molecular flexibility index (Phi) is 3.68. The fourth-order valence-electron chi connectivity index (χ4n) is 1.04. The minimum absolute atomic E-state index is 0.246. The maximum atomic E-state index is 11.4. The van der Waals surface area contributed by atoms with Crippen LogP contribution in [0.25, 0.3) is 0 Å². The molecule has 0 saturated carbocycles. The molecule has 0 aliphatic rings. The Bertz CT molecular complexity index is 385. The van der Waals surface area contributed by atoms with Crippen molar-refractivity contribution in [1.82, 2.24) is 0 Å². The van der Waals surface area contributed by atoms with Crippen LogP contribution in [0.1, 0.15) is 17.3 Å². The van der Waals surface area contributed by atoms with E-state index in [4.69, 9.17) is 4.74 Å². The molecule has 0 aliphatic carbocycles. The molecule has 0 saturated heterocycles. The number of thiophene rings is 1. The monoisotopic (exact) mass is 229 g/mol. The molecule has 0 radical (unpaired) electrons. The highest BCUT2D eigenvalue weighted by Crippen LogP contribution is 2.34. The lowest BCUT2D eigenvalue weighted by molar-refractivity contribution is -0.114. The summed E-state index contributed by atoms with van der Waals surface area (Å²) in [5, 5.41) is 4.61. The van der Waals surface area contributed by atoms with Gasteiger partial charge in [-0.15, -0.1) is 11.3 Å². The number of esters is 1.